The van der Waals surface area contributed by atoms with E-state index >= 15 is 0 Å². The molecule has 0 saturated carbocycles. The Morgan fingerprint density at radius 2 is 1.80 bits per heavy atom. The lowest BCUT2D eigenvalue weighted by atomic mass is 9.96. The summed E-state index contributed by atoms with van der Waals surface area (Å²) in [7, 11) is 3.16. The number of carbonyl (C=O) groups is 1. The summed E-state index contributed by atoms with van der Waals surface area (Å²) in [5, 5.41) is 10.9. The Morgan fingerprint density at radius 1 is 1.03 bits per heavy atom. The number of nitrogens with zero attached hydrogens (tertiary/aromatic N) is 5. The first-order valence-electron chi connectivity index (χ1n) is 10.9. The average Bonchev–Trinajstić information content (AvgIpc) is 3.32. The summed E-state index contributed by atoms with van der Waals surface area (Å²) in [5.41, 5.74) is 3.31. The zero-order chi connectivity index (χ0) is 24.4. The van der Waals surface area contributed by atoms with Crippen molar-refractivity contribution < 1.29 is 14.3 Å². The molecule has 1 amide bonds. The number of hydrogen-bond donors (Lipinski definition) is 2. The van der Waals surface area contributed by atoms with Gasteiger partial charge in [0.15, 0.2) is 17.3 Å². The van der Waals surface area contributed by atoms with Crippen molar-refractivity contribution in [1.29, 1.82) is 0 Å². The summed E-state index contributed by atoms with van der Waals surface area (Å²) >= 11 is 0. The molecule has 1 atom stereocenters. The second kappa shape index (κ2) is 9.26. The van der Waals surface area contributed by atoms with E-state index in [2.05, 4.69) is 20.6 Å². The van der Waals surface area contributed by atoms with Crippen molar-refractivity contribution in [3.8, 4) is 22.9 Å². The fourth-order valence-electron chi connectivity index (χ4n) is 4.02. The SMILES string of the molecule is COc1ccc(-c2nc3n(n2)[C@H](c2cccnc2)C(C(=O)Nc2cccnc2)=C(C)N3)cc1OC. The molecule has 0 saturated heterocycles. The predicted octanol–water partition coefficient (Wildman–Crippen LogP) is 3.68. The highest BCUT2D eigenvalue weighted by atomic mass is 16.5. The van der Waals surface area contributed by atoms with E-state index in [4.69, 9.17) is 19.6 Å². The molecule has 1 aromatic carbocycles. The molecule has 176 valence electrons. The number of nitrogens with one attached hydrogen (secondary N) is 2. The van der Waals surface area contributed by atoms with Crippen molar-refractivity contribution in [2.24, 2.45) is 0 Å². The van der Waals surface area contributed by atoms with Gasteiger partial charge in [-0.05, 0) is 48.9 Å². The number of pyridine rings is 2. The molecule has 0 aliphatic carbocycles. The lowest BCUT2D eigenvalue weighted by Gasteiger charge is -2.28. The lowest BCUT2D eigenvalue weighted by Crippen LogP contribution is -2.31. The number of hydrogen-bond acceptors (Lipinski definition) is 8. The fraction of sp³-hybridized carbons (Fsp3) is 0.160. The predicted molar refractivity (Wildman–Crippen MR) is 130 cm³/mol. The highest BCUT2D eigenvalue weighted by Crippen LogP contribution is 2.37. The molecule has 0 spiro atoms. The summed E-state index contributed by atoms with van der Waals surface area (Å²) in [5.74, 6) is 1.90. The smallest absolute Gasteiger partial charge is 0.255 e. The van der Waals surface area contributed by atoms with Crippen LogP contribution in [0.4, 0.5) is 11.6 Å². The third-order valence-corrected chi connectivity index (χ3v) is 5.66. The number of carbonyl (C=O) groups excluding carboxylic acids is 1. The van der Waals surface area contributed by atoms with Crippen LogP contribution in [0, 0.1) is 0 Å². The van der Waals surface area contributed by atoms with Crippen LogP contribution in [-0.4, -0.2) is 44.9 Å². The third kappa shape index (κ3) is 4.17. The topological polar surface area (TPSA) is 116 Å². The number of benzene rings is 1. The number of amides is 1. The van der Waals surface area contributed by atoms with Crippen molar-refractivity contribution in [2.45, 2.75) is 13.0 Å². The fourth-order valence-corrected chi connectivity index (χ4v) is 4.02. The van der Waals surface area contributed by atoms with Crippen molar-refractivity contribution in [3.63, 3.8) is 0 Å². The molecular formula is C25H23N7O3. The van der Waals surface area contributed by atoms with Crippen molar-refractivity contribution in [1.82, 2.24) is 24.7 Å². The Labute approximate surface area is 201 Å². The molecule has 0 unspecified atom stereocenters. The van der Waals surface area contributed by atoms with Gasteiger partial charge >= 0.3 is 0 Å². The Balaban J connectivity index is 1.58. The summed E-state index contributed by atoms with van der Waals surface area (Å²) in [4.78, 5) is 26.5. The quantitative estimate of drug-likeness (QED) is 0.439. The van der Waals surface area contributed by atoms with E-state index in [0.29, 0.717) is 40.2 Å². The number of allylic oxidation sites excluding steroid dienone is 1. The van der Waals surface area contributed by atoms with E-state index in [1.54, 1.807) is 61.9 Å². The molecule has 1 aliphatic rings. The van der Waals surface area contributed by atoms with Crippen molar-refractivity contribution in [2.75, 3.05) is 24.9 Å². The van der Waals surface area contributed by atoms with E-state index in [1.165, 1.54) is 0 Å². The molecule has 35 heavy (non-hydrogen) atoms. The van der Waals surface area contributed by atoms with E-state index < -0.39 is 6.04 Å². The van der Waals surface area contributed by atoms with Gasteiger partial charge in [-0.15, -0.1) is 5.10 Å². The highest BCUT2D eigenvalue weighted by molar-refractivity contribution is 6.05. The van der Waals surface area contributed by atoms with Crippen LogP contribution in [0.1, 0.15) is 18.5 Å². The maximum Gasteiger partial charge on any atom is 0.255 e. The number of aromatic nitrogens is 5. The van der Waals surface area contributed by atoms with Gasteiger partial charge in [-0.3, -0.25) is 14.8 Å². The van der Waals surface area contributed by atoms with Crippen LogP contribution in [0.5, 0.6) is 11.5 Å². The van der Waals surface area contributed by atoms with E-state index in [9.17, 15) is 4.79 Å². The third-order valence-electron chi connectivity index (χ3n) is 5.66. The Bertz CT molecular complexity index is 1400. The normalized spacial score (nSPS) is 14.7. The second-order valence-electron chi connectivity index (χ2n) is 7.82. The first-order valence-corrected chi connectivity index (χ1v) is 10.9. The molecule has 10 nitrogen and oxygen atoms in total. The maximum absolute atomic E-state index is 13.5. The minimum Gasteiger partial charge on any atom is -0.493 e. The van der Waals surface area contributed by atoms with Gasteiger partial charge in [-0.1, -0.05) is 6.07 Å². The Hall–Kier alpha value is -4.73. The number of ether oxygens (including phenoxy) is 2. The van der Waals surface area contributed by atoms with Gasteiger partial charge in [0.2, 0.25) is 5.95 Å². The molecule has 1 aliphatic heterocycles. The number of fused-ring (bicyclic) bond motifs is 1. The molecule has 10 heteroatoms. The minimum absolute atomic E-state index is 0.273. The van der Waals surface area contributed by atoms with Crippen molar-refractivity contribution in [3.05, 3.63) is 84.1 Å². The lowest BCUT2D eigenvalue weighted by molar-refractivity contribution is -0.113. The average molecular weight is 470 g/mol. The van der Waals surface area contributed by atoms with E-state index in [1.807, 2.05) is 31.2 Å². The number of methoxy groups -OCH3 is 2. The number of rotatable bonds is 6. The van der Waals surface area contributed by atoms with Crippen LogP contribution >= 0.6 is 0 Å². The molecule has 0 radical (unpaired) electrons. The first kappa shape index (κ1) is 22.1. The monoisotopic (exact) mass is 469 g/mol. The van der Waals surface area contributed by atoms with Gasteiger partial charge in [0, 0.05) is 29.9 Å². The Kier molecular flexibility index (Phi) is 5.84. The van der Waals surface area contributed by atoms with E-state index in [-0.39, 0.29) is 5.91 Å². The van der Waals surface area contributed by atoms with Gasteiger partial charge in [0.05, 0.1) is 31.7 Å². The minimum atomic E-state index is -0.544. The van der Waals surface area contributed by atoms with Gasteiger partial charge in [-0.25, -0.2) is 4.68 Å². The highest BCUT2D eigenvalue weighted by Gasteiger charge is 2.34. The van der Waals surface area contributed by atoms with Crippen LogP contribution in [0.15, 0.2) is 78.5 Å². The zero-order valence-corrected chi connectivity index (χ0v) is 19.4. The molecule has 4 aromatic rings. The molecular weight excluding hydrogens is 446 g/mol. The van der Waals surface area contributed by atoms with Crippen LogP contribution in [0.25, 0.3) is 11.4 Å². The molecule has 5 rings (SSSR count). The van der Waals surface area contributed by atoms with Crippen LogP contribution < -0.4 is 20.1 Å². The summed E-state index contributed by atoms with van der Waals surface area (Å²) in [6, 6.07) is 12.2. The van der Waals surface area contributed by atoms with Gasteiger partial charge < -0.3 is 20.1 Å². The summed E-state index contributed by atoms with van der Waals surface area (Å²) in [6.45, 7) is 1.84. The number of anilines is 2. The van der Waals surface area contributed by atoms with Crippen LogP contribution in [-0.2, 0) is 4.79 Å². The molecule has 2 N–H and O–H groups in total. The van der Waals surface area contributed by atoms with Gasteiger partial charge in [0.25, 0.3) is 5.91 Å². The maximum atomic E-state index is 13.5. The summed E-state index contributed by atoms with van der Waals surface area (Å²) in [6.07, 6.45) is 6.66. The van der Waals surface area contributed by atoms with Gasteiger partial charge in [0.1, 0.15) is 6.04 Å². The zero-order valence-electron chi connectivity index (χ0n) is 19.4. The van der Waals surface area contributed by atoms with E-state index in [0.717, 1.165) is 11.1 Å². The first-order chi connectivity index (χ1) is 17.1. The summed E-state index contributed by atoms with van der Waals surface area (Å²) < 4.78 is 12.5. The molecule has 0 bridgehead atoms. The molecule has 4 heterocycles. The van der Waals surface area contributed by atoms with Crippen LogP contribution in [0.2, 0.25) is 0 Å². The Morgan fingerprint density at radius 3 is 2.49 bits per heavy atom. The van der Waals surface area contributed by atoms with Crippen LogP contribution in [0.3, 0.4) is 0 Å². The largest absolute Gasteiger partial charge is 0.493 e. The molecule has 0 fully saturated rings. The standard InChI is InChI=1S/C25H23N7O3/c1-15-21(24(33)29-18-7-5-11-27-14-18)22(17-6-4-10-26-13-17)32-25(28-15)30-23(31-32)16-8-9-19(34-2)20(12-16)35-3/h4-14,22H,1-3H3,(H,29,33)(H,28,30,31)/t22-/m1/s1. The van der Waals surface area contributed by atoms with Crippen molar-refractivity contribution >= 4 is 17.5 Å². The van der Waals surface area contributed by atoms with Gasteiger partial charge in [-0.2, -0.15) is 4.98 Å². The second-order valence-corrected chi connectivity index (χ2v) is 7.82. The molecule has 3 aromatic heterocycles.